The second kappa shape index (κ2) is 7.63. The van der Waals surface area contributed by atoms with E-state index in [1.807, 2.05) is 18.2 Å². The van der Waals surface area contributed by atoms with E-state index in [1.165, 1.54) is 13.4 Å². The van der Waals surface area contributed by atoms with Crippen LogP contribution in [0.15, 0.2) is 43.0 Å². The molecule has 0 saturated carbocycles. The summed E-state index contributed by atoms with van der Waals surface area (Å²) in [6.07, 6.45) is 4.33. The van der Waals surface area contributed by atoms with Crippen molar-refractivity contribution in [2.75, 3.05) is 18.2 Å². The minimum Gasteiger partial charge on any atom is -0.495 e. The molecule has 0 spiro atoms. The Morgan fingerprint density at radius 3 is 2.71 bits per heavy atom. The van der Waals surface area contributed by atoms with E-state index in [4.69, 9.17) is 15.2 Å². The normalized spacial score (nSPS) is 11.5. The van der Waals surface area contributed by atoms with Crippen LogP contribution < -0.4 is 15.8 Å². The molecule has 1 aromatic carbocycles. The first-order chi connectivity index (χ1) is 14.8. The third-order valence-corrected chi connectivity index (χ3v) is 4.52. The van der Waals surface area contributed by atoms with Gasteiger partial charge in [0, 0.05) is 17.3 Å². The minimum absolute atomic E-state index is 0.342. The van der Waals surface area contributed by atoms with Crippen LogP contribution in [0.4, 0.5) is 16.3 Å². The molecule has 0 unspecified atom stereocenters. The number of benzene rings is 1. The largest absolute Gasteiger partial charge is 0.495 e. The van der Waals surface area contributed by atoms with Gasteiger partial charge in [-0.05, 0) is 44.5 Å². The van der Waals surface area contributed by atoms with Gasteiger partial charge in [-0.15, -0.1) is 0 Å². The van der Waals surface area contributed by atoms with Crippen molar-refractivity contribution in [1.82, 2.24) is 24.8 Å². The average molecular weight is 421 g/mol. The lowest BCUT2D eigenvalue weighted by molar-refractivity contribution is 0.0635. The molecule has 10 nitrogen and oxygen atoms in total. The number of ether oxygens (including phenoxy) is 2. The van der Waals surface area contributed by atoms with Crippen LogP contribution in [-0.4, -0.2) is 43.6 Å². The Bertz CT molecular complexity index is 1240. The number of aromatic nitrogens is 5. The Morgan fingerprint density at radius 2 is 2.03 bits per heavy atom. The zero-order valence-corrected chi connectivity index (χ0v) is 17.6. The molecule has 3 aromatic heterocycles. The molecule has 160 valence electrons. The maximum absolute atomic E-state index is 12.2. The van der Waals surface area contributed by atoms with E-state index in [0.29, 0.717) is 22.8 Å². The van der Waals surface area contributed by atoms with Crippen molar-refractivity contribution in [1.29, 1.82) is 0 Å². The smallest absolute Gasteiger partial charge is 0.412 e. The maximum atomic E-state index is 12.2. The molecule has 0 aliphatic rings. The molecule has 0 aliphatic heterocycles. The third-order valence-electron chi connectivity index (χ3n) is 4.52. The van der Waals surface area contributed by atoms with Gasteiger partial charge in [0.05, 0.1) is 24.7 Å². The number of H-pyrrole nitrogens is 1. The molecule has 10 heteroatoms. The zero-order valence-electron chi connectivity index (χ0n) is 17.6. The topological polar surface area (TPSA) is 132 Å². The first-order valence-corrected chi connectivity index (χ1v) is 9.56. The van der Waals surface area contributed by atoms with Crippen molar-refractivity contribution in [2.45, 2.75) is 26.4 Å². The number of aromatic amines is 1. The van der Waals surface area contributed by atoms with Crippen molar-refractivity contribution in [2.24, 2.45) is 0 Å². The highest BCUT2D eigenvalue weighted by molar-refractivity contribution is 5.94. The summed E-state index contributed by atoms with van der Waals surface area (Å²) in [6.45, 7) is 5.40. The van der Waals surface area contributed by atoms with Crippen molar-refractivity contribution in [3.05, 3.63) is 43.0 Å². The van der Waals surface area contributed by atoms with Gasteiger partial charge < -0.3 is 15.2 Å². The van der Waals surface area contributed by atoms with Gasteiger partial charge in [-0.25, -0.2) is 14.3 Å². The van der Waals surface area contributed by atoms with Gasteiger partial charge in [0.25, 0.3) is 0 Å². The standard InChI is InChI=1S/C21H23N7O3/c1-21(2,3)31-20(29)27-15-6-5-12(7-17(15)30-4)14-8-16(13-9-24-25-10-13)28-18(14)19(22)23-11-26-28/h5-11H,1-4H3,(H,24,25)(H,27,29)(H2,22,23,26). The Kier molecular flexibility index (Phi) is 4.97. The summed E-state index contributed by atoms with van der Waals surface area (Å²) in [5.41, 5.74) is 10.0. The number of nitrogens with zero attached hydrogens (tertiary/aromatic N) is 4. The molecule has 0 fully saturated rings. The van der Waals surface area contributed by atoms with Crippen molar-refractivity contribution >= 4 is 23.1 Å². The number of anilines is 2. The molecule has 0 aliphatic carbocycles. The number of rotatable bonds is 4. The Morgan fingerprint density at radius 1 is 1.23 bits per heavy atom. The summed E-state index contributed by atoms with van der Waals surface area (Å²) in [7, 11) is 1.53. The fourth-order valence-corrected chi connectivity index (χ4v) is 3.26. The van der Waals surface area contributed by atoms with Crippen LogP contribution in [0.5, 0.6) is 5.75 Å². The number of carbonyl (C=O) groups excluding carboxylic acids is 1. The average Bonchev–Trinajstić information content (AvgIpc) is 3.35. The second-order valence-corrected chi connectivity index (χ2v) is 7.88. The molecule has 0 saturated heterocycles. The predicted molar refractivity (Wildman–Crippen MR) is 117 cm³/mol. The van der Waals surface area contributed by atoms with E-state index in [2.05, 4.69) is 25.6 Å². The molecule has 3 heterocycles. The van der Waals surface area contributed by atoms with E-state index in [0.717, 1.165) is 22.4 Å². The van der Waals surface area contributed by atoms with Gasteiger partial charge in [0.1, 0.15) is 23.2 Å². The molecule has 1 amide bonds. The fraction of sp³-hybridized carbons (Fsp3) is 0.238. The van der Waals surface area contributed by atoms with Crippen molar-refractivity contribution < 1.29 is 14.3 Å². The van der Waals surface area contributed by atoms with Gasteiger partial charge >= 0.3 is 6.09 Å². The number of hydrogen-bond acceptors (Lipinski definition) is 7. The van der Waals surface area contributed by atoms with E-state index < -0.39 is 11.7 Å². The number of nitrogens with two attached hydrogens (primary N) is 1. The molecule has 4 rings (SSSR count). The van der Waals surface area contributed by atoms with Crippen LogP contribution in [0.3, 0.4) is 0 Å². The van der Waals surface area contributed by atoms with Crippen LogP contribution in [0.1, 0.15) is 20.8 Å². The van der Waals surface area contributed by atoms with Crippen molar-refractivity contribution in [3.8, 4) is 28.1 Å². The van der Waals surface area contributed by atoms with Crippen LogP contribution >= 0.6 is 0 Å². The quantitative estimate of drug-likeness (QED) is 0.457. The second-order valence-electron chi connectivity index (χ2n) is 7.88. The lowest BCUT2D eigenvalue weighted by Crippen LogP contribution is -2.27. The molecule has 0 atom stereocenters. The van der Waals surface area contributed by atoms with E-state index in [9.17, 15) is 4.79 Å². The Hall–Kier alpha value is -4.08. The first-order valence-electron chi connectivity index (χ1n) is 9.56. The summed E-state index contributed by atoms with van der Waals surface area (Å²) in [5, 5.41) is 13.9. The van der Waals surface area contributed by atoms with Crippen LogP contribution in [-0.2, 0) is 4.74 Å². The third kappa shape index (κ3) is 4.00. The molecule has 31 heavy (non-hydrogen) atoms. The maximum Gasteiger partial charge on any atom is 0.412 e. The number of hydrogen-bond donors (Lipinski definition) is 3. The number of amides is 1. The summed E-state index contributed by atoms with van der Waals surface area (Å²) in [6, 6.07) is 7.38. The van der Waals surface area contributed by atoms with Gasteiger partial charge in [-0.2, -0.15) is 10.2 Å². The first kappa shape index (κ1) is 20.2. The highest BCUT2D eigenvalue weighted by atomic mass is 16.6. The SMILES string of the molecule is COc1cc(-c2cc(-c3cn[nH]c3)n3ncnc(N)c23)ccc1NC(=O)OC(C)(C)C. The molecular formula is C21H23N7O3. The number of nitrogens with one attached hydrogen (secondary N) is 2. The van der Waals surface area contributed by atoms with E-state index in [-0.39, 0.29) is 0 Å². The highest BCUT2D eigenvalue weighted by Gasteiger charge is 2.20. The van der Waals surface area contributed by atoms with Crippen molar-refractivity contribution in [3.63, 3.8) is 0 Å². The van der Waals surface area contributed by atoms with Crippen LogP contribution in [0, 0.1) is 0 Å². The monoisotopic (exact) mass is 421 g/mol. The molecule has 0 radical (unpaired) electrons. The summed E-state index contributed by atoms with van der Waals surface area (Å²) < 4.78 is 12.6. The summed E-state index contributed by atoms with van der Waals surface area (Å²) in [4.78, 5) is 16.3. The lowest BCUT2D eigenvalue weighted by Gasteiger charge is -2.20. The predicted octanol–water partition coefficient (Wildman–Crippen LogP) is 3.72. The number of carbonyl (C=O) groups is 1. The molecule has 4 aromatic rings. The van der Waals surface area contributed by atoms with Gasteiger partial charge in [-0.3, -0.25) is 10.4 Å². The van der Waals surface area contributed by atoms with E-state index in [1.54, 1.807) is 43.7 Å². The van der Waals surface area contributed by atoms with E-state index >= 15 is 0 Å². The molecule has 0 bridgehead atoms. The fourth-order valence-electron chi connectivity index (χ4n) is 3.26. The van der Waals surface area contributed by atoms with Crippen LogP contribution in [0.25, 0.3) is 27.9 Å². The highest BCUT2D eigenvalue weighted by Crippen LogP contribution is 2.37. The number of methoxy groups -OCH3 is 1. The number of nitrogen functional groups attached to an aromatic ring is 1. The van der Waals surface area contributed by atoms with Gasteiger partial charge in [-0.1, -0.05) is 6.07 Å². The zero-order chi connectivity index (χ0) is 22.2. The molecular weight excluding hydrogens is 398 g/mol. The van der Waals surface area contributed by atoms with Gasteiger partial charge in [0.15, 0.2) is 5.82 Å². The Balaban J connectivity index is 1.78. The minimum atomic E-state index is -0.607. The Labute approximate surface area is 178 Å². The van der Waals surface area contributed by atoms with Crippen LogP contribution in [0.2, 0.25) is 0 Å². The number of fused-ring (bicyclic) bond motifs is 1. The molecule has 4 N–H and O–H groups in total. The van der Waals surface area contributed by atoms with Gasteiger partial charge in [0.2, 0.25) is 0 Å². The summed E-state index contributed by atoms with van der Waals surface area (Å²) in [5.74, 6) is 0.817. The summed E-state index contributed by atoms with van der Waals surface area (Å²) >= 11 is 0. The lowest BCUT2D eigenvalue weighted by atomic mass is 10.1.